The van der Waals surface area contributed by atoms with Gasteiger partial charge < -0.3 is 10.6 Å². The number of rotatable bonds is 9. The van der Waals surface area contributed by atoms with Crippen LogP contribution in [-0.2, 0) is 0 Å². The van der Waals surface area contributed by atoms with Crippen molar-refractivity contribution in [3.8, 4) is 0 Å². The Kier molecular flexibility index (Phi) is 7.60. The number of hydrogen-bond acceptors (Lipinski definition) is 2. The minimum Gasteiger partial charge on any atom is -0.312 e. The molecule has 0 radical (unpaired) electrons. The van der Waals surface area contributed by atoms with Crippen molar-refractivity contribution in [1.82, 2.24) is 10.6 Å². The summed E-state index contributed by atoms with van der Waals surface area (Å²) < 4.78 is 0. The van der Waals surface area contributed by atoms with Crippen molar-refractivity contribution in [2.24, 2.45) is 5.41 Å². The molecule has 0 aromatic rings. The maximum atomic E-state index is 3.71. The van der Waals surface area contributed by atoms with Gasteiger partial charge in [-0.25, -0.2) is 0 Å². The lowest BCUT2D eigenvalue weighted by molar-refractivity contribution is 0.269. The van der Waals surface area contributed by atoms with E-state index in [9.17, 15) is 0 Å². The summed E-state index contributed by atoms with van der Waals surface area (Å²) in [6, 6.07) is 0. The van der Waals surface area contributed by atoms with E-state index in [1.165, 1.54) is 25.7 Å². The van der Waals surface area contributed by atoms with Crippen molar-refractivity contribution in [1.29, 1.82) is 0 Å². The molecule has 116 valence electrons. The summed E-state index contributed by atoms with van der Waals surface area (Å²) in [6.45, 7) is 20.5. The smallest absolute Gasteiger partial charge is 0.0137 e. The van der Waals surface area contributed by atoms with Gasteiger partial charge in [-0.3, -0.25) is 0 Å². The van der Waals surface area contributed by atoms with E-state index in [1.54, 1.807) is 0 Å². The Bertz CT molecular complexity index is 236. The van der Waals surface area contributed by atoms with Gasteiger partial charge in [0.05, 0.1) is 0 Å². The van der Waals surface area contributed by atoms with Crippen LogP contribution in [0.1, 0.15) is 81.1 Å². The topological polar surface area (TPSA) is 24.1 Å². The predicted molar refractivity (Wildman–Crippen MR) is 87.8 cm³/mol. The molecule has 0 atom stereocenters. The third-order valence-electron chi connectivity index (χ3n) is 3.61. The predicted octanol–water partition coefficient (Wildman–Crippen LogP) is 4.35. The molecule has 2 nitrogen and oxygen atoms in total. The Balaban J connectivity index is 3.97. The highest BCUT2D eigenvalue weighted by atomic mass is 15.0. The molecule has 0 aliphatic rings. The van der Waals surface area contributed by atoms with Gasteiger partial charge in [-0.15, -0.1) is 0 Å². The first-order chi connectivity index (χ1) is 8.47. The summed E-state index contributed by atoms with van der Waals surface area (Å²) in [7, 11) is 0. The van der Waals surface area contributed by atoms with Gasteiger partial charge in [-0.1, -0.05) is 40.5 Å². The highest BCUT2D eigenvalue weighted by molar-refractivity contribution is 4.84. The Hall–Kier alpha value is -0.0800. The van der Waals surface area contributed by atoms with Crippen LogP contribution in [0.15, 0.2) is 0 Å². The molecular formula is C17H38N2. The number of hydrogen-bond donors (Lipinski definition) is 2. The van der Waals surface area contributed by atoms with Gasteiger partial charge in [0.1, 0.15) is 0 Å². The Labute approximate surface area is 122 Å². The maximum absolute atomic E-state index is 3.71. The Morgan fingerprint density at radius 2 is 1.26 bits per heavy atom. The normalized spacial score (nSPS) is 13.9. The molecule has 0 aromatic carbocycles. The van der Waals surface area contributed by atoms with E-state index in [1.807, 2.05) is 0 Å². The van der Waals surface area contributed by atoms with Gasteiger partial charge in [0.15, 0.2) is 0 Å². The van der Waals surface area contributed by atoms with Crippen molar-refractivity contribution < 1.29 is 0 Å². The van der Waals surface area contributed by atoms with Crippen LogP contribution in [0, 0.1) is 5.41 Å². The van der Waals surface area contributed by atoms with Gasteiger partial charge in [-0.05, 0) is 52.5 Å². The standard InChI is InChI=1S/C17H38N2/c1-9-10-11-16(5,6)18-13-12-17(7,8)19-14-15(2,3)4/h18-19H,9-14H2,1-8H3. The molecule has 0 spiro atoms. The average Bonchev–Trinajstić information content (AvgIpc) is 2.22. The zero-order valence-electron chi connectivity index (χ0n) is 14.7. The van der Waals surface area contributed by atoms with Gasteiger partial charge >= 0.3 is 0 Å². The second kappa shape index (κ2) is 7.64. The summed E-state index contributed by atoms with van der Waals surface area (Å²) in [6.07, 6.45) is 5.02. The van der Waals surface area contributed by atoms with Crippen LogP contribution < -0.4 is 10.6 Å². The molecular weight excluding hydrogens is 232 g/mol. The molecule has 0 bridgehead atoms. The van der Waals surface area contributed by atoms with Crippen molar-refractivity contribution >= 4 is 0 Å². The molecule has 0 heterocycles. The van der Waals surface area contributed by atoms with Crippen LogP contribution >= 0.6 is 0 Å². The molecule has 0 aliphatic carbocycles. The van der Waals surface area contributed by atoms with E-state index in [0.717, 1.165) is 13.1 Å². The zero-order valence-corrected chi connectivity index (χ0v) is 14.7. The van der Waals surface area contributed by atoms with Crippen LogP contribution in [0.25, 0.3) is 0 Å². The third kappa shape index (κ3) is 11.4. The first kappa shape index (κ1) is 18.9. The first-order valence-corrected chi connectivity index (χ1v) is 7.97. The van der Waals surface area contributed by atoms with E-state index < -0.39 is 0 Å². The summed E-state index contributed by atoms with van der Waals surface area (Å²) >= 11 is 0. The quantitative estimate of drug-likeness (QED) is 0.651. The van der Waals surface area contributed by atoms with Crippen LogP contribution in [0.5, 0.6) is 0 Å². The molecule has 0 aliphatic heterocycles. The van der Waals surface area contributed by atoms with E-state index in [0.29, 0.717) is 5.41 Å². The van der Waals surface area contributed by atoms with Crippen LogP contribution in [-0.4, -0.2) is 24.2 Å². The number of nitrogens with one attached hydrogen (secondary N) is 2. The summed E-state index contributed by atoms with van der Waals surface area (Å²) in [5.41, 5.74) is 0.836. The van der Waals surface area contributed by atoms with E-state index in [4.69, 9.17) is 0 Å². The van der Waals surface area contributed by atoms with Crippen molar-refractivity contribution in [2.45, 2.75) is 92.2 Å². The third-order valence-corrected chi connectivity index (χ3v) is 3.61. The van der Waals surface area contributed by atoms with Crippen LogP contribution in [0.3, 0.4) is 0 Å². The Morgan fingerprint density at radius 1 is 0.737 bits per heavy atom. The molecule has 0 aromatic heterocycles. The molecule has 0 saturated heterocycles. The summed E-state index contributed by atoms with van der Waals surface area (Å²) in [4.78, 5) is 0. The van der Waals surface area contributed by atoms with Gasteiger partial charge in [-0.2, -0.15) is 0 Å². The largest absolute Gasteiger partial charge is 0.312 e. The van der Waals surface area contributed by atoms with Gasteiger partial charge in [0.2, 0.25) is 0 Å². The lowest BCUT2D eigenvalue weighted by Crippen LogP contribution is -2.47. The molecule has 2 heteroatoms. The fraction of sp³-hybridized carbons (Fsp3) is 1.00. The second-order valence-corrected chi connectivity index (χ2v) is 8.46. The zero-order chi connectivity index (χ0) is 15.2. The molecule has 0 saturated carbocycles. The fourth-order valence-corrected chi connectivity index (χ4v) is 2.01. The lowest BCUT2D eigenvalue weighted by Gasteiger charge is -2.33. The Morgan fingerprint density at radius 3 is 1.74 bits per heavy atom. The minimum atomic E-state index is 0.209. The van der Waals surface area contributed by atoms with Crippen LogP contribution in [0.2, 0.25) is 0 Å². The molecule has 0 amide bonds. The number of unbranched alkanes of at least 4 members (excludes halogenated alkanes) is 1. The first-order valence-electron chi connectivity index (χ1n) is 7.97. The van der Waals surface area contributed by atoms with E-state index >= 15 is 0 Å². The lowest BCUT2D eigenvalue weighted by atomic mass is 9.92. The van der Waals surface area contributed by atoms with E-state index in [2.05, 4.69) is 66.0 Å². The van der Waals surface area contributed by atoms with Crippen molar-refractivity contribution in [3.05, 3.63) is 0 Å². The molecule has 19 heavy (non-hydrogen) atoms. The van der Waals surface area contributed by atoms with Gasteiger partial charge in [0.25, 0.3) is 0 Å². The molecule has 0 rings (SSSR count). The molecule has 0 fully saturated rings. The highest BCUT2D eigenvalue weighted by Crippen LogP contribution is 2.17. The second-order valence-electron chi connectivity index (χ2n) is 8.46. The summed E-state index contributed by atoms with van der Waals surface area (Å²) in [5.74, 6) is 0. The fourth-order valence-electron chi connectivity index (χ4n) is 2.01. The molecule has 0 unspecified atom stereocenters. The minimum absolute atomic E-state index is 0.209. The molecule has 2 N–H and O–H groups in total. The average molecular weight is 271 g/mol. The highest BCUT2D eigenvalue weighted by Gasteiger charge is 2.22. The van der Waals surface area contributed by atoms with Crippen molar-refractivity contribution in [3.63, 3.8) is 0 Å². The monoisotopic (exact) mass is 270 g/mol. The van der Waals surface area contributed by atoms with Crippen molar-refractivity contribution in [2.75, 3.05) is 13.1 Å². The van der Waals surface area contributed by atoms with Crippen LogP contribution in [0.4, 0.5) is 0 Å². The van der Waals surface area contributed by atoms with Gasteiger partial charge in [0, 0.05) is 17.6 Å². The SMILES string of the molecule is CCCCC(C)(C)NCCC(C)(C)NCC(C)(C)C. The summed E-state index contributed by atoms with van der Waals surface area (Å²) in [5, 5.41) is 7.40. The van der Waals surface area contributed by atoms with E-state index in [-0.39, 0.29) is 11.1 Å². The maximum Gasteiger partial charge on any atom is 0.0137 e.